The van der Waals surface area contributed by atoms with Crippen molar-refractivity contribution in [2.45, 2.75) is 35.7 Å². The summed E-state index contributed by atoms with van der Waals surface area (Å²) in [6, 6.07) is 18.0. The van der Waals surface area contributed by atoms with Gasteiger partial charge in [0.15, 0.2) is 0 Å². The van der Waals surface area contributed by atoms with E-state index in [1.165, 1.54) is 21.0 Å². The maximum Gasteiger partial charge on any atom is 0.0649 e. The highest BCUT2D eigenvalue weighted by Gasteiger charge is 2.21. The summed E-state index contributed by atoms with van der Waals surface area (Å²) in [6.07, 6.45) is 0. The van der Waals surface area contributed by atoms with Gasteiger partial charge in [-0.15, -0.1) is 0 Å². The van der Waals surface area contributed by atoms with Crippen LogP contribution >= 0.6 is 11.8 Å². The third kappa shape index (κ3) is 2.84. The van der Waals surface area contributed by atoms with Crippen LogP contribution in [0, 0.1) is 0 Å². The van der Waals surface area contributed by atoms with E-state index in [2.05, 4.69) is 73.0 Å². The monoisotopic (exact) mass is 284 g/mol. The van der Waals surface area contributed by atoms with Crippen LogP contribution in [-0.2, 0) is 0 Å². The Morgan fingerprint density at radius 1 is 1.05 bits per heavy atom. The molecule has 3 rings (SSSR count). The first-order valence-corrected chi connectivity index (χ1v) is 7.91. The molecule has 0 bridgehead atoms. The molecule has 0 saturated heterocycles. The third-order valence-corrected chi connectivity index (χ3v) is 4.63. The van der Waals surface area contributed by atoms with Crippen molar-refractivity contribution >= 4 is 17.4 Å². The summed E-state index contributed by atoms with van der Waals surface area (Å²) in [7, 11) is 0. The first-order chi connectivity index (χ1) is 9.74. The van der Waals surface area contributed by atoms with E-state index in [4.69, 9.17) is 0 Å². The second-order valence-corrected chi connectivity index (χ2v) is 6.48. The van der Waals surface area contributed by atoms with Crippen LogP contribution < -0.4 is 10.6 Å². The molecular weight excluding hydrogens is 264 g/mol. The molecule has 0 aromatic heterocycles. The van der Waals surface area contributed by atoms with E-state index < -0.39 is 0 Å². The van der Waals surface area contributed by atoms with Crippen molar-refractivity contribution in [2.24, 2.45) is 0 Å². The van der Waals surface area contributed by atoms with Gasteiger partial charge >= 0.3 is 0 Å². The Hall–Kier alpha value is -1.45. The molecule has 1 aliphatic heterocycles. The van der Waals surface area contributed by atoms with Gasteiger partial charge in [-0.3, -0.25) is 0 Å². The fraction of sp³-hybridized carbons (Fsp3) is 0.294. The predicted octanol–water partition coefficient (Wildman–Crippen LogP) is 4.30. The quantitative estimate of drug-likeness (QED) is 0.878. The first kappa shape index (κ1) is 13.5. The van der Waals surface area contributed by atoms with Crippen molar-refractivity contribution in [3.63, 3.8) is 0 Å². The topological polar surface area (TPSA) is 24.1 Å². The average molecular weight is 284 g/mol. The first-order valence-electron chi connectivity index (χ1n) is 7.10. The van der Waals surface area contributed by atoms with Crippen molar-refractivity contribution in [2.75, 3.05) is 11.9 Å². The molecule has 2 aromatic rings. The van der Waals surface area contributed by atoms with E-state index in [0.29, 0.717) is 12.1 Å². The van der Waals surface area contributed by atoms with Gasteiger partial charge in [-0.2, -0.15) is 0 Å². The molecule has 0 amide bonds. The largest absolute Gasteiger partial charge is 0.376 e. The van der Waals surface area contributed by atoms with Crippen LogP contribution in [0.2, 0.25) is 0 Å². The van der Waals surface area contributed by atoms with Crippen LogP contribution in [0.1, 0.15) is 25.5 Å². The summed E-state index contributed by atoms with van der Waals surface area (Å²) < 4.78 is 0. The van der Waals surface area contributed by atoms with Gasteiger partial charge in [-0.1, -0.05) is 55.9 Å². The van der Waals surface area contributed by atoms with Gasteiger partial charge in [-0.25, -0.2) is 0 Å². The number of nitrogens with one attached hydrogen (secondary N) is 2. The summed E-state index contributed by atoms with van der Waals surface area (Å²) >= 11 is 1.85. The molecule has 104 valence electrons. The molecule has 3 heteroatoms. The standard InChI is InChI=1S/C17H20N2S/c1-12(2)18-11-15-13-7-3-5-9-16(13)20-17-10-6-4-8-14(17)19-15/h3-10,12,15,18-19H,11H2,1-2H3. The van der Waals surface area contributed by atoms with E-state index in [-0.39, 0.29) is 0 Å². The minimum absolute atomic E-state index is 0.310. The van der Waals surface area contributed by atoms with Gasteiger partial charge < -0.3 is 10.6 Å². The maximum atomic E-state index is 3.69. The molecular formula is C17H20N2S. The van der Waals surface area contributed by atoms with Gasteiger partial charge in [0.1, 0.15) is 0 Å². The number of hydrogen-bond acceptors (Lipinski definition) is 3. The molecule has 1 atom stereocenters. The Balaban J connectivity index is 1.97. The molecule has 0 fully saturated rings. The van der Waals surface area contributed by atoms with Crippen LogP contribution in [0.4, 0.5) is 5.69 Å². The number of rotatable bonds is 3. The molecule has 2 N–H and O–H groups in total. The van der Waals surface area contributed by atoms with Crippen molar-refractivity contribution < 1.29 is 0 Å². The van der Waals surface area contributed by atoms with E-state index in [0.717, 1.165) is 6.54 Å². The summed E-state index contributed by atoms with van der Waals surface area (Å²) in [6.45, 7) is 5.31. The number of benzene rings is 2. The summed E-state index contributed by atoms with van der Waals surface area (Å²) in [5.74, 6) is 0. The normalized spacial score (nSPS) is 17.1. The Morgan fingerprint density at radius 3 is 2.55 bits per heavy atom. The van der Waals surface area contributed by atoms with Crippen LogP contribution in [0.15, 0.2) is 58.3 Å². The lowest BCUT2D eigenvalue weighted by Gasteiger charge is -2.22. The minimum atomic E-state index is 0.310. The summed E-state index contributed by atoms with van der Waals surface area (Å²) in [5, 5.41) is 7.23. The molecule has 0 spiro atoms. The Kier molecular flexibility index (Phi) is 3.99. The van der Waals surface area contributed by atoms with E-state index in [1.807, 2.05) is 11.8 Å². The number of anilines is 1. The highest BCUT2D eigenvalue weighted by atomic mass is 32.2. The predicted molar refractivity (Wildman–Crippen MR) is 86.5 cm³/mol. The van der Waals surface area contributed by atoms with E-state index in [1.54, 1.807) is 0 Å². The molecule has 1 heterocycles. The fourth-order valence-electron chi connectivity index (χ4n) is 2.43. The van der Waals surface area contributed by atoms with E-state index in [9.17, 15) is 0 Å². The van der Waals surface area contributed by atoms with Gasteiger partial charge in [0.05, 0.1) is 6.04 Å². The summed E-state index contributed by atoms with van der Waals surface area (Å²) in [4.78, 5) is 2.65. The zero-order valence-corrected chi connectivity index (χ0v) is 12.7. The molecule has 2 aromatic carbocycles. The molecule has 0 radical (unpaired) electrons. The summed E-state index contributed by atoms with van der Waals surface area (Å²) in [5.41, 5.74) is 2.60. The van der Waals surface area contributed by atoms with Gasteiger partial charge in [-0.05, 0) is 23.8 Å². The van der Waals surface area contributed by atoms with Gasteiger partial charge in [0, 0.05) is 28.1 Å². The Labute approximate surface area is 125 Å². The van der Waals surface area contributed by atoms with Crippen LogP contribution in [-0.4, -0.2) is 12.6 Å². The van der Waals surface area contributed by atoms with Crippen molar-refractivity contribution in [3.8, 4) is 0 Å². The number of fused-ring (bicyclic) bond motifs is 2. The van der Waals surface area contributed by atoms with Gasteiger partial charge in [0.2, 0.25) is 0 Å². The van der Waals surface area contributed by atoms with Crippen LogP contribution in [0.3, 0.4) is 0 Å². The molecule has 0 saturated carbocycles. The SMILES string of the molecule is CC(C)NCC1Nc2ccccc2Sc2ccccc21. The van der Waals surface area contributed by atoms with Crippen molar-refractivity contribution in [1.29, 1.82) is 0 Å². The lowest BCUT2D eigenvalue weighted by atomic mass is 10.1. The Morgan fingerprint density at radius 2 is 1.75 bits per heavy atom. The van der Waals surface area contributed by atoms with Crippen LogP contribution in [0.5, 0.6) is 0 Å². The number of para-hydroxylation sites is 1. The highest BCUT2D eigenvalue weighted by molar-refractivity contribution is 7.99. The zero-order valence-electron chi connectivity index (χ0n) is 11.9. The molecule has 0 aliphatic carbocycles. The second-order valence-electron chi connectivity index (χ2n) is 5.40. The molecule has 1 aliphatic rings. The van der Waals surface area contributed by atoms with E-state index >= 15 is 0 Å². The Bertz CT molecular complexity index is 595. The third-order valence-electron chi connectivity index (χ3n) is 3.46. The van der Waals surface area contributed by atoms with Crippen molar-refractivity contribution in [1.82, 2.24) is 5.32 Å². The molecule has 2 nitrogen and oxygen atoms in total. The zero-order chi connectivity index (χ0) is 13.9. The number of hydrogen-bond donors (Lipinski definition) is 2. The minimum Gasteiger partial charge on any atom is -0.376 e. The highest BCUT2D eigenvalue weighted by Crippen LogP contribution is 2.41. The van der Waals surface area contributed by atoms with Crippen molar-refractivity contribution in [3.05, 3.63) is 54.1 Å². The van der Waals surface area contributed by atoms with Crippen LogP contribution in [0.25, 0.3) is 0 Å². The lowest BCUT2D eigenvalue weighted by molar-refractivity contribution is 0.550. The smallest absolute Gasteiger partial charge is 0.0649 e. The second kappa shape index (κ2) is 5.90. The lowest BCUT2D eigenvalue weighted by Crippen LogP contribution is -2.31. The van der Waals surface area contributed by atoms with Gasteiger partial charge in [0.25, 0.3) is 0 Å². The molecule has 20 heavy (non-hydrogen) atoms. The average Bonchev–Trinajstić information content (AvgIpc) is 2.61. The molecule has 1 unspecified atom stereocenters. The fourth-order valence-corrected chi connectivity index (χ4v) is 3.53. The maximum absolute atomic E-state index is 3.69.